The Morgan fingerprint density at radius 3 is 2.44 bits per heavy atom. The number of halogens is 1. The van der Waals surface area contributed by atoms with E-state index in [2.05, 4.69) is 15.6 Å². The Kier molecular flexibility index (Phi) is 6.36. The van der Waals surface area contributed by atoms with Gasteiger partial charge < -0.3 is 24.9 Å². The smallest absolute Gasteiger partial charge is 0.300 e. The minimum Gasteiger partial charge on any atom is -0.456 e. The lowest BCUT2D eigenvalue weighted by Gasteiger charge is -2.17. The lowest BCUT2D eigenvalue weighted by atomic mass is 10.0. The molecule has 0 saturated carbocycles. The van der Waals surface area contributed by atoms with E-state index in [1.807, 2.05) is 5.92 Å². The quantitative estimate of drug-likeness (QED) is 0.371. The molecule has 4 rings (SSSR count). The van der Waals surface area contributed by atoms with Gasteiger partial charge in [-0.1, -0.05) is 0 Å². The van der Waals surface area contributed by atoms with Gasteiger partial charge in [0.05, 0.1) is 10.9 Å². The molecule has 0 aliphatic rings. The van der Waals surface area contributed by atoms with Crippen molar-refractivity contribution in [3.8, 4) is 35.0 Å². The predicted octanol–water partition coefficient (Wildman–Crippen LogP) is 4.01. The van der Waals surface area contributed by atoms with Gasteiger partial charge in [-0.25, -0.2) is 4.39 Å². The first-order valence-electron chi connectivity index (χ1n) is 10.9. The van der Waals surface area contributed by atoms with Crippen LogP contribution >= 0.6 is 0 Å². The van der Waals surface area contributed by atoms with Gasteiger partial charge in [0.15, 0.2) is 0 Å². The van der Waals surface area contributed by atoms with Crippen molar-refractivity contribution in [1.82, 2.24) is 14.9 Å². The minimum absolute atomic E-state index is 0.210. The van der Waals surface area contributed by atoms with Crippen molar-refractivity contribution in [2.75, 3.05) is 12.4 Å². The number of aryl methyl sites for hydroxylation is 3. The van der Waals surface area contributed by atoms with Gasteiger partial charge in [-0.15, -0.1) is 6.42 Å². The number of amides is 2. The molecular weight excluding hydrogens is 463 g/mol. The monoisotopic (exact) mass is 486 g/mol. The Labute approximate surface area is 206 Å². The highest BCUT2D eigenvalue weighted by molar-refractivity contribution is 6.05. The van der Waals surface area contributed by atoms with Gasteiger partial charge in [0.1, 0.15) is 23.0 Å². The van der Waals surface area contributed by atoms with Gasteiger partial charge in [0, 0.05) is 37.1 Å². The molecule has 182 valence electrons. The number of aromatic amines is 1. The summed E-state index contributed by atoms with van der Waals surface area (Å²) in [6.07, 6.45) is 6.81. The molecule has 0 aliphatic carbocycles. The number of hydrogen-bond acceptors (Lipinski definition) is 4. The van der Waals surface area contributed by atoms with E-state index < -0.39 is 5.91 Å². The van der Waals surface area contributed by atoms with Crippen LogP contribution < -0.4 is 20.9 Å². The number of anilines is 1. The number of nitrogens with zero attached hydrogens (tertiary/aromatic N) is 1. The molecule has 2 heterocycles. The number of pyridine rings is 1. The van der Waals surface area contributed by atoms with Crippen molar-refractivity contribution in [2.45, 2.75) is 13.8 Å². The number of benzene rings is 2. The van der Waals surface area contributed by atoms with Crippen LogP contribution in [0.15, 0.2) is 47.4 Å². The average Bonchev–Trinajstić information content (AvgIpc) is 3.29. The standard InChI is InChI=1S/C27H23FN4O4/c1-6-23(33)30-17-7-8-22(36-25-14(2)9-16(28)10-15(25)3)18(11-17)20-13-32(5)27(35)19-12-21(26(34)29-4)31-24(19)20/h1,7-13,31H,2-5H3,(H,29,34)(H,30,33). The first-order chi connectivity index (χ1) is 17.1. The van der Waals surface area contributed by atoms with E-state index in [1.165, 1.54) is 29.8 Å². The molecule has 2 aromatic heterocycles. The van der Waals surface area contributed by atoms with E-state index in [-0.39, 0.29) is 23.0 Å². The number of terminal acetylenes is 1. The number of fused-ring (bicyclic) bond motifs is 1. The zero-order valence-corrected chi connectivity index (χ0v) is 20.1. The van der Waals surface area contributed by atoms with Crippen LogP contribution in [0, 0.1) is 32.0 Å². The van der Waals surface area contributed by atoms with Gasteiger partial charge in [-0.3, -0.25) is 14.4 Å². The Hall–Kier alpha value is -4.84. The number of aromatic nitrogens is 2. The van der Waals surface area contributed by atoms with E-state index in [9.17, 15) is 18.8 Å². The Balaban J connectivity index is 1.99. The molecular formula is C27H23FN4O4. The first-order valence-corrected chi connectivity index (χ1v) is 10.9. The van der Waals surface area contributed by atoms with Crippen LogP contribution in [0.25, 0.3) is 22.0 Å². The average molecular weight is 487 g/mol. The summed E-state index contributed by atoms with van der Waals surface area (Å²) < 4.78 is 21.5. The summed E-state index contributed by atoms with van der Waals surface area (Å²) in [7, 11) is 3.08. The maximum absolute atomic E-state index is 13.9. The van der Waals surface area contributed by atoms with Crippen molar-refractivity contribution in [2.24, 2.45) is 7.05 Å². The molecule has 36 heavy (non-hydrogen) atoms. The van der Waals surface area contributed by atoms with Crippen LogP contribution in [0.3, 0.4) is 0 Å². The third-order valence-electron chi connectivity index (χ3n) is 5.73. The molecule has 0 aliphatic heterocycles. The molecule has 9 heteroatoms. The number of rotatable bonds is 5. The molecule has 3 N–H and O–H groups in total. The summed E-state index contributed by atoms with van der Waals surface area (Å²) >= 11 is 0. The molecule has 0 unspecified atom stereocenters. The topological polar surface area (TPSA) is 105 Å². The predicted molar refractivity (Wildman–Crippen MR) is 136 cm³/mol. The summed E-state index contributed by atoms with van der Waals surface area (Å²) in [5.74, 6) is 1.45. The second-order valence-electron chi connectivity index (χ2n) is 8.29. The zero-order chi connectivity index (χ0) is 26.1. The summed E-state index contributed by atoms with van der Waals surface area (Å²) in [5.41, 5.74) is 2.94. The minimum atomic E-state index is -0.632. The van der Waals surface area contributed by atoms with Crippen molar-refractivity contribution >= 4 is 28.4 Å². The SMILES string of the molecule is C#CC(=O)Nc1ccc(Oc2c(C)cc(F)cc2C)c(-c2cn(C)c(=O)c3cc(C(=O)NC)[nH]c23)c1. The molecule has 0 atom stereocenters. The number of carbonyl (C=O) groups excluding carboxylic acids is 2. The Morgan fingerprint density at radius 1 is 1.11 bits per heavy atom. The molecule has 0 spiro atoms. The highest BCUT2D eigenvalue weighted by atomic mass is 19.1. The van der Waals surface area contributed by atoms with E-state index in [1.54, 1.807) is 45.3 Å². The van der Waals surface area contributed by atoms with Gasteiger partial charge in [-0.2, -0.15) is 0 Å². The summed E-state index contributed by atoms with van der Waals surface area (Å²) in [6, 6.07) is 9.13. The molecule has 0 radical (unpaired) electrons. The molecule has 0 fully saturated rings. The molecule has 2 amide bonds. The number of ether oxygens (including phenoxy) is 1. The van der Waals surface area contributed by atoms with Gasteiger partial charge in [-0.05, 0) is 67.3 Å². The third-order valence-corrected chi connectivity index (χ3v) is 5.73. The van der Waals surface area contributed by atoms with Crippen molar-refractivity contribution in [1.29, 1.82) is 0 Å². The second kappa shape index (κ2) is 9.43. The fraction of sp³-hybridized carbons (Fsp3) is 0.148. The Bertz CT molecular complexity index is 1620. The fourth-order valence-electron chi connectivity index (χ4n) is 4.05. The van der Waals surface area contributed by atoms with Crippen LogP contribution in [0.5, 0.6) is 11.5 Å². The zero-order valence-electron chi connectivity index (χ0n) is 20.1. The maximum Gasteiger partial charge on any atom is 0.300 e. The molecule has 8 nitrogen and oxygen atoms in total. The van der Waals surface area contributed by atoms with Crippen molar-refractivity contribution in [3.05, 3.63) is 75.6 Å². The molecule has 0 bridgehead atoms. The Morgan fingerprint density at radius 2 is 1.81 bits per heavy atom. The van der Waals surface area contributed by atoms with Crippen LogP contribution in [-0.2, 0) is 11.8 Å². The van der Waals surface area contributed by atoms with Gasteiger partial charge in [0.2, 0.25) is 0 Å². The largest absolute Gasteiger partial charge is 0.456 e. The van der Waals surface area contributed by atoms with Crippen LogP contribution in [-0.4, -0.2) is 28.4 Å². The summed E-state index contributed by atoms with van der Waals surface area (Å²) in [4.78, 5) is 40.0. The van der Waals surface area contributed by atoms with Crippen molar-refractivity contribution < 1.29 is 18.7 Å². The second-order valence-corrected chi connectivity index (χ2v) is 8.29. The molecule has 0 saturated heterocycles. The number of H-pyrrole nitrogens is 1. The number of nitrogens with one attached hydrogen (secondary N) is 3. The van der Waals surface area contributed by atoms with Crippen molar-refractivity contribution in [3.63, 3.8) is 0 Å². The summed E-state index contributed by atoms with van der Waals surface area (Å²) in [5, 5.41) is 5.44. The van der Waals surface area contributed by atoms with Gasteiger partial charge >= 0.3 is 0 Å². The van der Waals surface area contributed by atoms with E-state index >= 15 is 0 Å². The lowest BCUT2D eigenvalue weighted by molar-refractivity contribution is -0.111. The van der Waals surface area contributed by atoms with E-state index in [4.69, 9.17) is 11.2 Å². The third kappa shape index (κ3) is 4.44. The van der Waals surface area contributed by atoms with E-state index in [0.29, 0.717) is 50.3 Å². The first kappa shape index (κ1) is 24.3. The van der Waals surface area contributed by atoms with Crippen LogP contribution in [0.1, 0.15) is 21.6 Å². The number of hydrogen-bond donors (Lipinski definition) is 3. The fourth-order valence-corrected chi connectivity index (χ4v) is 4.05. The number of carbonyl (C=O) groups is 2. The maximum atomic E-state index is 13.9. The van der Waals surface area contributed by atoms with Crippen LogP contribution in [0.4, 0.5) is 10.1 Å². The highest BCUT2D eigenvalue weighted by Crippen LogP contribution is 2.40. The summed E-state index contributed by atoms with van der Waals surface area (Å²) in [6.45, 7) is 3.47. The molecule has 4 aromatic rings. The normalized spacial score (nSPS) is 10.7. The lowest BCUT2D eigenvalue weighted by Crippen LogP contribution is -2.18. The van der Waals surface area contributed by atoms with Crippen LogP contribution in [0.2, 0.25) is 0 Å². The highest BCUT2D eigenvalue weighted by Gasteiger charge is 2.20. The van der Waals surface area contributed by atoms with E-state index in [0.717, 1.165) is 0 Å². The molecule has 2 aromatic carbocycles. The van der Waals surface area contributed by atoms with Gasteiger partial charge in [0.25, 0.3) is 17.4 Å².